The molecule has 1 amide bonds. The third kappa shape index (κ3) is 4.88. The third-order valence-electron chi connectivity index (χ3n) is 2.92. The summed E-state index contributed by atoms with van der Waals surface area (Å²) >= 11 is 0. The van der Waals surface area contributed by atoms with Crippen molar-refractivity contribution >= 4 is 5.91 Å². The highest BCUT2D eigenvalue weighted by Crippen LogP contribution is 2.14. The number of hydrogen-bond donors (Lipinski definition) is 2. The Kier molecular flexibility index (Phi) is 4.52. The first-order chi connectivity index (χ1) is 8.21. The molecule has 0 fully saturated rings. The maximum absolute atomic E-state index is 11.9. The van der Waals surface area contributed by atoms with Crippen molar-refractivity contribution in [2.75, 3.05) is 0 Å². The van der Waals surface area contributed by atoms with Gasteiger partial charge in [0.2, 0.25) is 5.91 Å². The highest BCUT2D eigenvalue weighted by Gasteiger charge is 2.28. The standard InChI is InChI=1S/C15H24N2O/c1-14(2,17-13(18)15(3,4)16)11-10-12-8-6-5-7-9-12/h5-9H,10-11,16H2,1-4H3,(H,17,18). The molecule has 0 atom stereocenters. The Balaban J connectivity index is 2.53. The summed E-state index contributed by atoms with van der Waals surface area (Å²) in [7, 11) is 0. The van der Waals surface area contributed by atoms with Crippen LogP contribution in [0.1, 0.15) is 39.7 Å². The summed E-state index contributed by atoms with van der Waals surface area (Å²) < 4.78 is 0. The molecule has 0 unspecified atom stereocenters. The molecule has 3 heteroatoms. The summed E-state index contributed by atoms with van der Waals surface area (Å²) in [6.45, 7) is 7.49. The van der Waals surface area contributed by atoms with Crippen LogP contribution in [0.15, 0.2) is 30.3 Å². The topological polar surface area (TPSA) is 55.1 Å². The third-order valence-corrected chi connectivity index (χ3v) is 2.92. The van der Waals surface area contributed by atoms with E-state index in [2.05, 4.69) is 17.4 Å². The summed E-state index contributed by atoms with van der Waals surface area (Å²) in [6, 6.07) is 10.3. The second-order valence-corrected chi connectivity index (χ2v) is 6.05. The second-order valence-electron chi connectivity index (χ2n) is 6.05. The molecule has 3 nitrogen and oxygen atoms in total. The van der Waals surface area contributed by atoms with E-state index in [1.165, 1.54) is 5.56 Å². The number of carbonyl (C=O) groups is 1. The quantitative estimate of drug-likeness (QED) is 0.839. The van der Waals surface area contributed by atoms with Crippen LogP contribution >= 0.6 is 0 Å². The molecule has 3 N–H and O–H groups in total. The molecule has 1 aromatic carbocycles. The van der Waals surface area contributed by atoms with E-state index in [0.29, 0.717) is 0 Å². The predicted molar refractivity (Wildman–Crippen MR) is 75.3 cm³/mol. The number of amides is 1. The van der Waals surface area contributed by atoms with E-state index in [0.717, 1.165) is 12.8 Å². The number of benzene rings is 1. The van der Waals surface area contributed by atoms with Crippen LogP contribution in [0.5, 0.6) is 0 Å². The Morgan fingerprint density at radius 3 is 2.22 bits per heavy atom. The Hall–Kier alpha value is -1.35. The SMILES string of the molecule is CC(C)(CCc1ccccc1)NC(=O)C(C)(C)N. The smallest absolute Gasteiger partial charge is 0.239 e. The number of carbonyl (C=O) groups excluding carboxylic acids is 1. The highest BCUT2D eigenvalue weighted by molar-refractivity contribution is 5.85. The molecule has 0 spiro atoms. The highest BCUT2D eigenvalue weighted by atomic mass is 16.2. The summed E-state index contributed by atoms with van der Waals surface area (Å²) in [5.41, 5.74) is 5.99. The molecule has 0 bridgehead atoms. The molecular formula is C15H24N2O. The molecular weight excluding hydrogens is 224 g/mol. The van der Waals surface area contributed by atoms with Crippen molar-refractivity contribution < 1.29 is 4.79 Å². The van der Waals surface area contributed by atoms with E-state index in [1.807, 2.05) is 32.0 Å². The minimum Gasteiger partial charge on any atom is -0.350 e. The zero-order valence-electron chi connectivity index (χ0n) is 11.8. The van der Waals surface area contributed by atoms with Crippen molar-refractivity contribution in [2.24, 2.45) is 5.73 Å². The molecule has 0 radical (unpaired) electrons. The molecule has 0 aliphatic rings. The molecule has 0 aliphatic heterocycles. The van der Waals surface area contributed by atoms with Crippen molar-refractivity contribution in [1.82, 2.24) is 5.32 Å². The van der Waals surface area contributed by atoms with Crippen LogP contribution in [0.3, 0.4) is 0 Å². The molecule has 0 heterocycles. The molecule has 0 saturated heterocycles. The minimum atomic E-state index is -0.829. The van der Waals surface area contributed by atoms with Crippen LogP contribution in [0.4, 0.5) is 0 Å². The zero-order valence-corrected chi connectivity index (χ0v) is 11.8. The van der Waals surface area contributed by atoms with Crippen molar-refractivity contribution in [3.8, 4) is 0 Å². The average molecular weight is 248 g/mol. The van der Waals surface area contributed by atoms with E-state index < -0.39 is 5.54 Å². The molecule has 0 aromatic heterocycles. The fourth-order valence-corrected chi connectivity index (χ4v) is 1.63. The normalized spacial score (nSPS) is 12.3. The molecule has 18 heavy (non-hydrogen) atoms. The Labute approximate surface area is 110 Å². The van der Waals surface area contributed by atoms with Crippen LogP contribution in [0, 0.1) is 0 Å². The summed E-state index contributed by atoms with van der Waals surface area (Å²) in [5, 5.41) is 3.00. The molecule has 0 aliphatic carbocycles. The zero-order chi connectivity index (χ0) is 13.8. The maximum Gasteiger partial charge on any atom is 0.239 e. The first kappa shape index (κ1) is 14.7. The maximum atomic E-state index is 11.9. The van der Waals surface area contributed by atoms with E-state index in [1.54, 1.807) is 13.8 Å². The van der Waals surface area contributed by atoms with Gasteiger partial charge in [-0.15, -0.1) is 0 Å². The molecule has 1 rings (SSSR count). The molecule has 0 saturated carbocycles. The van der Waals surface area contributed by atoms with Gasteiger partial charge in [-0.25, -0.2) is 0 Å². The van der Waals surface area contributed by atoms with Crippen molar-refractivity contribution in [2.45, 2.75) is 51.6 Å². The van der Waals surface area contributed by atoms with Crippen LogP contribution in [-0.4, -0.2) is 17.0 Å². The number of rotatable bonds is 5. The van der Waals surface area contributed by atoms with Gasteiger partial charge < -0.3 is 11.1 Å². The van der Waals surface area contributed by atoms with Crippen molar-refractivity contribution in [3.63, 3.8) is 0 Å². The summed E-state index contributed by atoms with van der Waals surface area (Å²) in [5.74, 6) is -0.111. The molecule has 1 aromatic rings. The monoisotopic (exact) mass is 248 g/mol. The van der Waals surface area contributed by atoms with E-state index >= 15 is 0 Å². The lowest BCUT2D eigenvalue weighted by molar-refractivity contribution is -0.126. The van der Waals surface area contributed by atoms with Gasteiger partial charge in [-0.05, 0) is 46.1 Å². The Morgan fingerprint density at radius 1 is 1.17 bits per heavy atom. The fraction of sp³-hybridized carbons (Fsp3) is 0.533. The summed E-state index contributed by atoms with van der Waals surface area (Å²) in [4.78, 5) is 11.9. The van der Waals surface area contributed by atoms with Crippen LogP contribution in [0.25, 0.3) is 0 Å². The molecule has 100 valence electrons. The lowest BCUT2D eigenvalue weighted by Gasteiger charge is -2.30. The summed E-state index contributed by atoms with van der Waals surface area (Å²) in [6.07, 6.45) is 1.83. The van der Waals surface area contributed by atoms with Gasteiger partial charge in [-0.3, -0.25) is 4.79 Å². The van der Waals surface area contributed by atoms with Crippen molar-refractivity contribution in [3.05, 3.63) is 35.9 Å². The van der Waals surface area contributed by atoms with Gasteiger partial charge >= 0.3 is 0 Å². The largest absolute Gasteiger partial charge is 0.350 e. The van der Waals surface area contributed by atoms with Crippen LogP contribution < -0.4 is 11.1 Å². The number of aryl methyl sites for hydroxylation is 1. The van der Waals surface area contributed by atoms with Gasteiger partial charge in [0.1, 0.15) is 0 Å². The van der Waals surface area contributed by atoms with Gasteiger partial charge in [-0.2, -0.15) is 0 Å². The number of hydrogen-bond acceptors (Lipinski definition) is 2. The minimum absolute atomic E-state index is 0.111. The van der Waals surface area contributed by atoms with Gasteiger partial charge in [-0.1, -0.05) is 30.3 Å². The second kappa shape index (κ2) is 5.53. The van der Waals surface area contributed by atoms with Crippen LogP contribution in [0.2, 0.25) is 0 Å². The van der Waals surface area contributed by atoms with Gasteiger partial charge in [0, 0.05) is 5.54 Å². The first-order valence-electron chi connectivity index (χ1n) is 6.36. The van der Waals surface area contributed by atoms with Gasteiger partial charge in [0.15, 0.2) is 0 Å². The number of nitrogens with two attached hydrogens (primary N) is 1. The van der Waals surface area contributed by atoms with E-state index in [4.69, 9.17) is 5.73 Å². The lowest BCUT2D eigenvalue weighted by atomic mass is 9.93. The average Bonchev–Trinajstić information content (AvgIpc) is 2.26. The predicted octanol–water partition coefficient (Wildman–Crippen LogP) is 2.25. The lowest BCUT2D eigenvalue weighted by Crippen LogP contribution is -2.55. The van der Waals surface area contributed by atoms with Gasteiger partial charge in [0.25, 0.3) is 0 Å². The van der Waals surface area contributed by atoms with Crippen molar-refractivity contribution in [1.29, 1.82) is 0 Å². The van der Waals surface area contributed by atoms with Crippen LogP contribution in [-0.2, 0) is 11.2 Å². The Morgan fingerprint density at radius 2 is 1.72 bits per heavy atom. The fourth-order valence-electron chi connectivity index (χ4n) is 1.63. The van der Waals surface area contributed by atoms with E-state index in [-0.39, 0.29) is 11.4 Å². The first-order valence-corrected chi connectivity index (χ1v) is 6.36. The Bertz CT molecular complexity index is 391. The van der Waals surface area contributed by atoms with E-state index in [9.17, 15) is 4.79 Å². The number of nitrogens with one attached hydrogen (secondary N) is 1. The van der Waals surface area contributed by atoms with Gasteiger partial charge in [0.05, 0.1) is 5.54 Å².